The molecule has 118 valence electrons. The van der Waals surface area contributed by atoms with E-state index in [4.69, 9.17) is 8.92 Å². The van der Waals surface area contributed by atoms with Crippen molar-refractivity contribution in [1.82, 2.24) is 0 Å². The molecule has 2 aromatic rings. The van der Waals surface area contributed by atoms with Crippen molar-refractivity contribution in [3.05, 3.63) is 60.2 Å². The zero-order valence-electron chi connectivity index (χ0n) is 12.6. The van der Waals surface area contributed by atoms with Crippen LogP contribution in [0.3, 0.4) is 0 Å². The molecule has 0 heterocycles. The van der Waals surface area contributed by atoms with Crippen molar-refractivity contribution in [2.75, 3.05) is 5.75 Å². The van der Waals surface area contributed by atoms with Gasteiger partial charge in [-0.15, -0.1) is 0 Å². The molecule has 5 heteroatoms. The smallest absolute Gasteiger partial charge is 0.267 e. The van der Waals surface area contributed by atoms with Crippen LogP contribution in [0.25, 0.3) is 0 Å². The van der Waals surface area contributed by atoms with Crippen LogP contribution >= 0.6 is 0 Å². The summed E-state index contributed by atoms with van der Waals surface area (Å²) in [6.07, 6.45) is 1.43. The molecule has 0 bridgehead atoms. The fourth-order valence-corrected chi connectivity index (χ4v) is 2.94. The van der Waals surface area contributed by atoms with Gasteiger partial charge in [-0.1, -0.05) is 43.7 Å². The van der Waals surface area contributed by atoms with Crippen LogP contribution in [0.15, 0.2) is 54.6 Å². The Balaban J connectivity index is 1.97. The normalized spacial score (nSPS) is 11.3. The van der Waals surface area contributed by atoms with Crippen molar-refractivity contribution in [3.63, 3.8) is 0 Å². The summed E-state index contributed by atoms with van der Waals surface area (Å²) in [6, 6.07) is 16.6. The minimum atomic E-state index is -3.45. The maximum Gasteiger partial charge on any atom is 0.267 e. The largest absolute Gasteiger partial charge is 0.457 e. The van der Waals surface area contributed by atoms with E-state index >= 15 is 0 Å². The number of ether oxygens (including phenoxy) is 1. The van der Waals surface area contributed by atoms with Crippen LogP contribution in [-0.4, -0.2) is 14.2 Å². The highest BCUT2D eigenvalue weighted by atomic mass is 32.2. The van der Waals surface area contributed by atoms with Crippen LogP contribution in [0.4, 0.5) is 0 Å². The maximum absolute atomic E-state index is 11.7. The Labute approximate surface area is 131 Å². The van der Waals surface area contributed by atoms with Gasteiger partial charge in [0.2, 0.25) is 0 Å². The van der Waals surface area contributed by atoms with E-state index in [9.17, 15) is 8.42 Å². The van der Waals surface area contributed by atoms with E-state index in [0.29, 0.717) is 12.2 Å². The van der Waals surface area contributed by atoms with Crippen molar-refractivity contribution in [3.8, 4) is 11.5 Å². The Kier molecular flexibility index (Phi) is 5.98. The molecule has 4 nitrogen and oxygen atoms in total. The Hall–Kier alpha value is -1.85. The molecule has 0 unspecified atom stereocenters. The predicted octanol–water partition coefficient (Wildman–Crippen LogP) is 4.13. The zero-order chi connectivity index (χ0) is 15.8. The van der Waals surface area contributed by atoms with Crippen LogP contribution in [0.2, 0.25) is 0 Å². The third-order valence-electron chi connectivity index (χ3n) is 3.03. The molecule has 0 amide bonds. The van der Waals surface area contributed by atoms with Gasteiger partial charge in [0, 0.05) is 0 Å². The molecule has 0 spiro atoms. The van der Waals surface area contributed by atoms with Crippen molar-refractivity contribution in [1.29, 1.82) is 0 Å². The topological polar surface area (TPSA) is 52.6 Å². The number of hydrogen-bond acceptors (Lipinski definition) is 4. The second-order valence-electron chi connectivity index (χ2n) is 4.94. The Morgan fingerprint density at radius 2 is 1.68 bits per heavy atom. The van der Waals surface area contributed by atoms with E-state index in [2.05, 4.69) is 0 Å². The van der Waals surface area contributed by atoms with Crippen LogP contribution in [-0.2, 0) is 20.9 Å². The molecule has 0 aliphatic rings. The first-order valence-corrected chi connectivity index (χ1v) is 8.86. The van der Waals surface area contributed by atoms with E-state index in [0.717, 1.165) is 17.7 Å². The third kappa shape index (κ3) is 5.50. The fraction of sp³-hybridized carbons (Fsp3) is 0.294. The molecule has 0 aromatic heterocycles. The summed E-state index contributed by atoms with van der Waals surface area (Å²) in [4.78, 5) is 0. The minimum absolute atomic E-state index is 0.0258. The van der Waals surface area contributed by atoms with Crippen LogP contribution < -0.4 is 4.74 Å². The van der Waals surface area contributed by atoms with Crippen molar-refractivity contribution < 1.29 is 17.3 Å². The number of para-hydroxylation sites is 1. The summed E-state index contributed by atoms with van der Waals surface area (Å²) in [5, 5.41) is 0. The molecule has 0 atom stereocenters. The maximum atomic E-state index is 11.7. The molecule has 0 N–H and O–H groups in total. The minimum Gasteiger partial charge on any atom is -0.457 e. The summed E-state index contributed by atoms with van der Waals surface area (Å²) >= 11 is 0. The first-order valence-electron chi connectivity index (χ1n) is 7.28. The average molecular weight is 320 g/mol. The Bertz CT molecular complexity index is 681. The summed E-state index contributed by atoms with van der Waals surface area (Å²) in [5.41, 5.74) is 0.758. The molecule has 22 heavy (non-hydrogen) atoms. The summed E-state index contributed by atoms with van der Waals surface area (Å²) in [7, 11) is -3.45. The monoisotopic (exact) mass is 320 g/mol. The zero-order valence-corrected chi connectivity index (χ0v) is 13.4. The highest BCUT2D eigenvalue weighted by molar-refractivity contribution is 7.86. The highest BCUT2D eigenvalue weighted by Gasteiger charge is 2.10. The van der Waals surface area contributed by atoms with Gasteiger partial charge in [0.1, 0.15) is 11.5 Å². The molecule has 2 aromatic carbocycles. The second kappa shape index (κ2) is 7.96. The van der Waals surface area contributed by atoms with Crippen LogP contribution in [0.1, 0.15) is 25.3 Å². The molecule has 2 rings (SSSR count). The number of rotatable bonds is 8. The van der Waals surface area contributed by atoms with E-state index in [1.807, 2.05) is 55.5 Å². The first kappa shape index (κ1) is 16.5. The number of hydrogen-bond donors (Lipinski definition) is 0. The summed E-state index contributed by atoms with van der Waals surface area (Å²) in [5.74, 6) is 1.44. The van der Waals surface area contributed by atoms with Crippen LogP contribution in [0, 0.1) is 0 Å². The SMILES string of the molecule is CCCCS(=O)(=O)OCc1cccc(Oc2ccccc2)c1. The molecule has 0 radical (unpaired) electrons. The van der Waals surface area contributed by atoms with Crippen LogP contribution in [0.5, 0.6) is 11.5 Å². The van der Waals surface area contributed by atoms with Gasteiger partial charge in [-0.3, -0.25) is 4.18 Å². The number of unbranched alkanes of at least 4 members (excludes halogenated alkanes) is 1. The average Bonchev–Trinajstić information content (AvgIpc) is 2.53. The Morgan fingerprint density at radius 3 is 2.41 bits per heavy atom. The van der Waals surface area contributed by atoms with Gasteiger partial charge in [-0.2, -0.15) is 8.42 Å². The van der Waals surface area contributed by atoms with Gasteiger partial charge in [0.25, 0.3) is 10.1 Å². The number of benzene rings is 2. The Morgan fingerprint density at radius 1 is 0.955 bits per heavy atom. The quantitative estimate of drug-likeness (QED) is 0.686. The lowest BCUT2D eigenvalue weighted by Gasteiger charge is -2.08. The van der Waals surface area contributed by atoms with Gasteiger partial charge >= 0.3 is 0 Å². The third-order valence-corrected chi connectivity index (χ3v) is 4.30. The molecule has 0 aliphatic heterocycles. The molecule has 0 fully saturated rings. The summed E-state index contributed by atoms with van der Waals surface area (Å²) < 4.78 is 34.1. The summed E-state index contributed by atoms with van der Waals surface area (Å²) in [6.45, 7) is 1.97. The predicted molar refractivity (Wildman–Crippen MR) is 86.4 cm³/mol. The van der Waals surface area contributed by atoms with E-state index in [1.165, 1.54) is 0 Å². The standard InChI is InChI=1S/C17H20O4S/c1-2-3-12-22(18,19)20-14-15-8-7-11-17(13-15)21-16-9-5-4-6-10-16/h4-11,13H,2-3,12,14H2,1H3. The van der Waals surface area contributed by atoms with Crippen molar-refractivity contribution in [2.24, 2.45) is 0 Å². The van der Waals surface area contributed by atoms with Gasteiger partial charge < -0.3 is 4.74 Å². The molecular formula is C17H20O4S. The van der Waals surface area contributed by atoms with Crippen molar-refractivity contribution >= 4 is 10.1 Å². The molecule has 0 saturated heterocycles. The van der Waals surface area contributed by atoms with E-state index < -0.39 is 10.1 Å². The lowest BCUT2D eigenvalue weighted by Crippen LogP contribution is -2.10. The lowest BCUT2D eigenvalue weighted by molar-refractivity contribution is 0.307. The highest BCUT2D eigenvalue weighted by Crippen LogP contribution is 2.22. The van der Waals surface area contributed by atoms with Gasteiger partial charge in [-0.05, 0) is 36.2 Å². The second-order valence-corrected chi connectivity index (χ2v) is 6.70. The molecule has 0 saturated carbocycles. The van der Waals surface area contributed by atoms with E-state index in [1.54, 1.807) is 6.07 Å². The van der Waals surface area contributed by atoms with E-state index in [-0.39, 0.29) is 12.4 Å². The fourth-order valence-electron chi connectivity index (χ4n) is 1.86. The first-order chi connectivity index (χ1) is 10.6. The lowest BCUT2D eigenvalue weighted by atomic mass is 10.2. The van der Waals surface area contributed by atoms with Crippen molar-refractivity contribution in [2.45, 2.75) is 26.4 Å². The van der Waals surface area contributed by atoms with Gasteiger partial charge in [0.15, 0.2) is 0 Å². The molecular weight excluding hydrogens is 300 g/mol. The molecule has 0 aliphatic carbocycles. The van der Waals surface area contributed by atoms with Gasteiger partial charge in [0.05, 0.1) is 12.4 Å². The van der Waals surface area contributed by atoms with Gasteiger partial charge in [-0.25, -0.2) is 0 Å².